The lowest BCUT2D eigenvalue weighted by Crippen LogP contribution is -2.13. The first-order valence-electron chi connectivity index (χ1n) is 8.96. The average molecular weight is 377 g/mol. The van der Waals surface area contributed by atoms with Crippen LogP contribution < -0.4 is 20.1 Å². The van der Waals surface area contributed by atoms with Crippen LogP contribution in [0.3, 0.4) is 0 Å². The number of ether oxygens (including phenoxy) is 2. The van der Waals surface area contributed by atoms with Crippen molar-refractivity contribution < 1.29 is 14.3 Å². The van der Waals surface area contributed by atoms with E-state index in [4.69, 9.17) is 9.47 Å². The fourth-order valence-electron chi connectivity index (χ4n) is 2.67. The number of carbonyl (C=O) groups is 1. The first kappa shape index (κ1) is 19.2. The van der Waals surface area contributed by atoms with E-state index in [-0.39, 0.29) is 5.91 Å². The molecule has 0 aliphatic carbocycles. The molecule has 0 aliphatic heterocycles. The number of hydrogen-bond donors (Lipinski definition) is 2. The minimum absolute atomic E-state index is 0.230. The van der Waals surface area contributed by atoms with Gasteiger partial charge in [-0.1, -0.05) is 18.2 Å². The Morgan fingerprint density at radius 3 is 2.43 bits per heavy atom. The molecule has 1 heterocycles. The van der Waals surface area contributed by atoms with Crippen LogP contribution in [0.15, 0.2) is 66.9 Å². The van der Waals surface area contributed by atoms with Gasteiger partial charge in [-0.15, -0.1) is 0 Å². The molecule has 6 heteroatoms. The second-order valence-electron chi connectivity index (χ2n) is 6.14. The standard InChI is InChI=1S/C22H23N3O3/c1-27-19-9-6-16(7-10-19)12-13-23-18-8-11-21(24-15-18)25-22(26)17-4-3-5-20(14-17)28-2/h3-11,14-15,23H,12-13H2,1-2H3,(H,24,25,26). The van der Waals surface area contributed by atoms with Crippen LogP contribution in [0, 0.1) is 0 Å². The molecular formula is C22H23N3O3. The van der Waals surface area contributed by atoms with E-state index in [1.165, 1.54) is 5.56 Å². The zero-order valence-corrected chi connectivity index (χ0v) is 15.9. The van der Waals surface area contributed by atoms with Crippen molar-refractivity contribution in [3.05, 3.63) is 78.0 Å². The molecule has 0 aliphatic rings. The fourth-order valence-corrected chi connectivity index (χ4v) is 2.67. The van der Waals surface area contributed by atoms with Gasteiger partial charge in [0.2, 0.25) is 0 Å². The average Bonchev–Trinajstić information content (AvgIpc) is 2.75. The summed E-state index contributed by atoms with van der Waals surface area (Å²) in [6.07, 6.45) is 2.59. The maximum absolute atomic E-state index is 12.3. The summed E-state index contributed by atoms with van der Waals surface area (Å²) in [5, 5.41) is 6.11. The van der Waals surface area contributed by atoms with E-state index >= 15 is 0 Å². The van der Waals surface area contributed by atoms with E-state index in [1.807, 2.05) is 18.2 Å². The van der Waals surface area contributed by atoms with Gasteiger partial charge in [-0.25, -0.2) is 4.98 Å². The van der Waals surface area contributed by atoms with Crippen LogP contribution in [0.5, 0.6) is 11.5 Å². The molecule has 3 rings (SSSR count). The maximum Gasteiger partial charge on any atom is 0.256 e. The Labute approximate surface area is 164 Å². The lowest BCUT2D eigenvalue weighted by atomic mass is 10.1. The Bertz CT molecular complexity index is 909. The molecular weight excluding hydrogens is 354 g/mol. The van der Waals surface area contributed by atoms with Crippen LogP contribution in [-0.4, -0.2) is 31.7 Å². The number of anilines is 2. The summed E-state index contributed by atoms with van der Waals surface area (Å²) >= 11 is 0. The summed E-state index contributed by atoms with van der Waals surface area (Å²) in [5.41, 5.74) is 2.64. The van der Waals surface area contributed by atoms with Gasteiger partial charge in [0.25, 0.3) is 5.91 Å². The molecule has 1 aromatic heterocycles. The van der Waals surface area contributed by atoms with Crippen LogP contribution in [0.25, 0.3) is 0 Å². The first-order chi connectivity index (χ1) is 13.7. The molecule has 2 aromatic carbocycles. The number of rotatable bonds is 8. The summed E-state index contributed by atoms with van der Waals surface area (Å²) in [4.78, 5) is 16.6. The van der Waals surface area contributed by atoms with E-state index in [9.17, 15) is 4.79 Å². The summed E-state index contributed by atoms with van der Waals surface area (Å²) in [7, 11) is 3.23. The van der Waals surface area contributed by atoms with Crippen LogP contribution in [0.1, 0.15) is 15.9 Å². The van der Waals surface area contributed by atoms with Crippen molar-refractivity contribution >= 4 is 17.4 Å². The number of methoxy groups -OCH3 is 2. The molecule has 0 saturated heterocycles. The molecule has 0 radical (unpaired) electrons. The third-order valence-electron chi connectivity index (χ3n) is 4.24. The third kappa shape index (κ3) is 5.23. The van der Waals surface area contributed by atoms with E-state index in [0.29, 0.717) is 17.1 Å². The SMILES string of the molecule is COc1ccc(CCNc2ccc(NC(=O)c3cccc(OC)c3)nc2)cc1. The summed E-state index contributed by atoms with van der Waals surface area (Å²) < 4.78 is 10.3. The highest BCUT2D eigenvalue weighted by atomic mass is 16.5. The molecule has 2 N–H and O–H groups in total. The molecule has 0 unspecified atom stereocenters. The van der Waals surface area contributed by atoms with Gasteiger partial charge >= 0.3 is 0 Å². The minimum atomic E-state index is -0.230. The van der Waals surface area contributed by atoms with E-state index < -0.39 is 0 Å². The molecule has 0 saturated carbocycles. The van der Waals surface area contributed by atoms with Crippen LogP contribution in [0.2, 0.25) is 0 Å². The smallest absolute Gasteiger partial charge is 0.256 e. The van der Waals surface area contributed by atoms with Gasteiger partial charge in [-0.05, 0) is 54.4 Å². The minimum Gasteiger partial charge on any atom is -0.497 e. The molecule has 28 heavy (non-hydrogen) atoms. The Kier molecular flexibility index (Phi) is 6.46. The molecule has 0 atom stereocenters. The zero-order chi connectivity index (χ0) is 19.8. The quantitative estimate of drug-likeness (QED) is 0.621. The highest BCUT2D eigenvalue weighted by Crippen LogP contribution is 2.16. The second-order valence-corrected chi connectivity index (χ2v) is 6.14. The molecule has 144 valence electrons. The monoisotopic (exact) mass is 377 g/mol. The second kappa shape index (κ2) is 9.41. The number of aromatic nitrogens is 1. The Morgan fingerprint density at radius 1 is 0.964 bits per heavy atom. The molecule has 0 spiro atoms. The normalized spacial score (nSPS) is 10.2. The highest BCUT2D eigenvalue weighted by Gasteiger charge is 2.08. The Hall–Kier alpha value is -3.54. The number of nitrogens with one attached hydrogen (secondary N) is 2. The van der Waals surface area contributed by atoms with Gasteiger partial charge in [0, 0.05) is 12.1 Å². The van der Waals surface area contributed by atoms with Gasteiger partial charge in [0.05, 0.1) is 26.1 Å². The van der Waals surface area contributed by atoms with Crippen LogP contribution in [-0.2, 0) is 6.42 Å². The molecule has 3 aromatic rings. The number of carbonyl (C=O) groups excluding carboxylic acids is 1. The Morgan fingerprint density at radius 2 is 1.75 bits per heavy atom. The fraction of sp³-hybridized carbons (Fsp3) is 0.182. The summed E-state index contributed by atoms with van der Waals surface area (Å²) in [5.74, 6) is 1.75. The lowest BCUT2D eigenvalue weighted by Gasteiger charge is -2.09. The number of amides is 1. The summed E-state index contributed by atoms with van der Waals surface area (Å²) in [6.45, 7) is 0.781. The molecule has 0 fully saturated rings. The molecule has 6 nitrogen and oxygen atoms in total. The van der Waals surface area contributed by atoms with Crippen LogP contribution >= 0.6 is 0 Å². The largest absolute Gasteiger partial charge is 0.497 e. The van der Waals surface area contributed by atoms with Crippen molar-refractivity contribution in [1.82, 2.24) is 4.98 Å². The number of hydrogen-bond acceptors (Lipinski definition) is 5. The van der Waals surface area contributed by atoms with Crippen LogP contribution in [0.4, 0.5) is 11.5 Å². The van der Waals surface area contributed by atoms with Crippen molar-refractivity contribution in [2.75, 3.05) is 31.4 Å². The predicted molar refractivity (Wildman–Crippen MR) is 110 cm³/mol. The number of pyridine rings is 1. The van der Waals surface area contributed by atoms with Gasteiger partial charge in [-0.2, -0.15) is 0 Å². The van der Waals surface area contributed by atoms with E-state index in [2.05, 4.69) is 27.8 Å². The van der Waals surface area contributed by atoms with Crippen molar-refractivity contribution in [2.45, 2.75) is 6.42 Å². The van der Waals surface area contributed by atoms with Crippen molar-refractivity contribution in [1.29, 1.82) is 0 Å². The molecule has 0 bridgehead atoms. The van der Waals surface area contributed by atoms with E-state index in [1.54, 1.807) is 50.7 Å². The predicted octanol–water partition coefficient (Wildman–Crippen LogP) is 4.01. The molecule has 1 amide bonds. The van der Waals surface area contributed by atoms with E-state index in [0.717, 1.165) is 24.4 Å². The van der Waals surface area contributed by atoms with Gasteiger partial charge < -0.3 is 20.1 Å². The number of benzene rings is 2. The van der Waals surface area contributed by atoms with Gasteiger partial charge in [0.15, 0.2) is 0 Å². The van der Waals surface area contributed by atoms with Crippen molar-refractivity contribution in [3.63, 3.8) is 0 Å². The highest BCUT2D eigenvalue weighted by molar-refractivity contribution is 6.04. The van der Waals surface area contributed by atoms with Gasteiger partial charge in [-0.3, -0.25) is 4.79 Å². The third-order valence-corrected chi connectivity index (χ3v) is 4.24. The zero-order valence-electron chi connectivity index (χ0n) is 15.9. The Balaban J connectivity index is 1.50. The van der Waals surface area contributed by atoms with Crippen molar-refractivity contribution in [3.8, 4) is 11.5 Å². The number of nitrogens with zero attached hydrogens (tertiary/aromatic N) is 1. The topological polar surface area (TPSA) is 72.5 Å². The maximum atomic E-state index is 12.3. The van der Waals surface area contributed by atoms with Gasteiger partial charge in [0.1, 0.15) is 17.3 Å². The lowest BCUT2D eigenvalue weighted by molar-refractivity contribution is 0.102. The summed E-state index contributed by atoms with van der Waals surface area (Å²) in [6, 6.07) is 18.7. The first-order valence-corrected chi connectivity index (χ1v) is 8.96. The van der Waals surface area contributed by atoms with Crippen molar-refractivity contribution in [2.24, 2.45) is 0 Å².